The molecule has 0 aliphatic heterocycles. The fourth-order valence-electron chi connectivity index (χ4n) is 1.37. The number of methoxy groups -OCH3 is 1. The van der Waals surface area contributed by atoms with E-state index in [-0.39, 0.29) is 0 Å². The highest BCUT2D eigenvalue weighted by molar-refractivity contribution is 9.10. The molecule has 1 rings (SSSR count). The maximum Gasteiger partial charge on any atom is 0.135 e. The lowest BCUT2D eigenvalue weighted by molar-refractivity contribution is 0.412. The Balaban J connectivity index is 2.36. The third-order valence-corrected chi connectivity index (χ3v) is 3.61. The van der Waals surface area contributed by atoms with E-state index in [1.54, 1.807) is 7.11 Å². The summed E-state index contributed by atoms with van der Waals surface area (Å²) >= 11 is 5.34. The molecule has 0 unspecified atom stereocenters. The van der Waals surface area contributed by atoms with E-state index in [1.165, 1.54) is 18.6 Å². The van der Waals surface area contributed by atoms with Crippen LogP contribution in [0.2, 0.25) is 0 Å². The molecule has 0 fully saturated rings. The van der Waals surface area contributed by atoms with E-state index in [0.717, 1.165) is 22.5 Å². The summed E-state index contributed by atoms with van der Waals surface area (Å²) in [6, 6.07) is 6.07. The summed E-state index contributed by atoms with van der Waals surface area (Å²) in [4.78, 5) is 0. The molecule has 0 saturated carbocycles. The number of anilines is 1. The van der Waals surface area contributed by atoms with Crippen LogP contribution in [-0.2, 0) is 0 Å². The summed E-state index contributed by atoms with van der Waals surface area (Å²) in [5, 5.41) is 3.40. The zero-order chi connectivity index (χ0) is 11.8. The molecule has 0 aliphatic rings. The van der Waals surface area contributed by atoms with Gasteiger partial charge in [0.05, 0.1) is 11.6 Å². The van der Waals surface area contributed by atoms with Crippen molar-refractivity contribution < 1.29 is 4.74 Å². The van der Waals surface area contributed by atoms with Gasteiger partial charge in [0.1, 0.15) is 5.75 Å². The van der Waals surface area contributed by atoms with Gasteiger partial charge >= 0.3 is 0 Å². The average molecular weight is 304 g/mol. The van der Waals surface area contributed by atoms with Gasteiger partial charge in [0.25, 0.3) is 0 Å². The molecule has 1 aromatic carbocycles. The second kappa shape index (κ2) is 7.85. The maximum atomic E-state index is 5.24. The fraction of sp³-hybridized carbons (Fsp3) is 0.500. The third kappa shape index (κ3) is 4.66. The Morgan fingerprint density at radius 1 is 1.38 bits per heavy atom. The minimum Gasteiger partial charge on any atom is -0.495 e. The number of hydrogen-bond acceptors (Lipinski definition) is 3. The Bertz CT molecular complexity index is 320. The minimum atomic E-state index is 0.870. The molecule has 16 heavy (non-hydrogen) atoms. The molecule has 1 aromatic rings. The number of benzene rings is 1. The highest BCUT2D eigenvalue weighted by Gasteiger charge is 2.00. The number of halogens is 1. The summed E-state index contributed by atoms with van der Waals surface area (Å²) < 4.78 is 6.23. The van der Waals surface area contributed by atoms with E-state index in [1.807, 2.05) is 23.9 Å². The molecule has 0 bridgehead atoms. The Hall–Kier alpha value is -0.350. The van der Waals surface area contributed by atoms with Crippen LogP contribution in [0.25, 0.3) is 0 Å². The molecule has 0 saturated heterocycles. The molecule has 1 N–H and O–H groups in total. The van der Waals surface area contributed by atoms with Gasteiger partial charge in [-0.05, 0) is 52.9 Å². The van der Waals surface area contributed by atoms with Crippen LogP contribution in [0.1, 0.15) is 12.8 Å². The summed E-state index contributed by atoms with van der Waals surface area (Å²) in [5.74, 6) is 2.11. The second-order valence-corrected chi connectivity index (χ2v) is 5.32. The SMILES string of the molecule is COc1cc(NCCCCSC)ccc1Br. The molecular formula is C12H18BrNOS. The van der Waals surface area contributed by atoms with E-state index in [2.05, 4.69) is 33.6 Å². The lowest BCUT2D eigenvalue weighted by Gasteiger charge is -2.09. The number of rotatable bonds is 7. The molecule has 0 radical (unpaired) electrons. The van der Waals surface area contributed by atoms with Crippen molar-refractivity contribution in [3.8, 4) is 5.75 Å². The zero-order valence-corrected chi connectivity index (χ0v) is 12.2. The molecule has 0 aromatic heterocycles. The van der Waals surface area contributed by atoms with Crippen LogP contribution in [0, 0.1) is 0 Å². The van der Waals surface area contributed by atoms with Crippen molar-refractivity contribution in [3.05, 3.63) is 22.7 Å². The average Bonchev–Trinajstić information content (AvgIpc) is 2.31. The first-order chi connectivity index (χ1) is 7.77. The molecule has 90 valence electrons. The third-order valence-electron chi connectivity index (χ3n) is 2.26. The normalized spacial score (nSPS) is 10.2. The van der Waals surface area contributed by atoms with E-state index in [0.29, 0.717) is 0 Å². The topological polar surface area (TPSA) is 21.3 Å². The van der Waals surface area contributed by atoms with Gasteiger partial charge in [0, 0.05) is 18.3 Å². The van der Waals surface area contributed by atoms with Crippen LogP contribution >= 0.6 is 27.7 Å². The van der Waals surface area contributed by atoms with Gasteiger partial charge < -0.3 is 10.1 Å². The van der Waals surface area contributed by atoms with Crippen LogP contribution in [0.5, 0.6) is 5.75 Å². The highest BCUT2D eigenvalue weighted by atomic mass is 79.9. The number of nitrogens with one attached hydrogen (secondary N) is 1. The monoisotopic (exact) mass is 303 g/mol. The smallest absolute Gasteiger partial charge is 0.135 e. The molecule has 4 heteroatoms. The summed E-state index contributed by atoms with van der Waals surface area (Å²) in [7, 11) is 1.68. The van der Waals surface area contributed by atoms with Gasteiger partial charge in [-0.3, -0.25) is 0 Å². The van der Waals surface area contributed by atoms with Gasteiger partial charge in [-0.2, -0.15) is 11.8 Å². The van der Waals surface area contributed by atoms with Crippen molar-refractivity contribution in [3.63, 3.8) is 0 Å². The second-order valence-electron chi connectivity index (χ2n) is 3.48. The minimum absolute atomic E-state index is 0.870. The Labute approximate surface area is 110 Å². The van der Waals surface area contributed by atoms with E-state index in [4.69, 9.17) is 4.74 Å². The Kier molecular flexibility index (Phi) is 6.73. The van der Waals surface area contributed by atoms with Crippen molar-refractivity contribution in [1.29, 1.82) is 0 Å². The molecule has 2 nitrogen and oxygen atoms in total. The first kappa shape index (κ1) is 13.7. The van der Waals surface area contributed by atoms with E-state index < -0.39 is 0 Å². The molecule has 0 amide bonds. The van der Waals surface area contributed by atoms with Crippen molar-refractivity contribution >= 4 is 33.4 Å². The predicted molar refractivity (Wildman–Crippen MR) is 76.8 cm³/mol. The largest absolute Gasteiger partial charge is 0.495 e. The Morgan fingerprint density at radius 2 is 2.19 bits per heavy atom. The van der Waals surface area contributed by atoms with Gasteiger partial charge in [-0.25, -0.2) is 0 Å². The van der Waals surface area contributed by atoms with Crippen molar-refractivity contribution in [1.82, 2.24) is 0 Å². The lowest BCUT2D eigenvalue weighted by Crippen LogP contribution is -2.02. The molecule has 0 spiro atoms. The standard InChI is InChI=1S/C12H18BrNOS/c1-15-12-9-10(5-6-11(12)13)14-7-3-4-8-16-2/h5-6,9,14H,3-4,7-8H2,1-2H3. The first-order valence-electron chi connectivity index (χ1n) is 5.34. The van der Waals surface area contributed by atoms with E-state index in [9.17, 15) is 0 Å². The van der Waals surface area contributed by atoms with Gasteiger partial charge in [0.2, 0.25) is 0 Å². The van der Waals surface area contributed by atoms with Crippen LogP contribution in [0.3, 0.4) is 0 Å². The molecule has 0 heterocycles. The first-order valence-corrected chi connectivity index (χ1v) is 7.53. The van der Waals surface area contributed by atoms with E-state index >= 15 is 0 Å². The van der Waals surface area contributed by atoms with Crippen molar-refractivity contribution in [2.24, 2.45) is 0 Å². The van der Waals surface area contributed by atoms with Gasteiger partial charge in [-0.1, -0.05) is 0 Å². The molecule has 0 aliphatic carbocycles. The van der Waals surface area contributed by atoms with Crippen molar-refractivity contribution in [2.45, 2.75) is 12.8 Å². The molecular weight excluding hydrogens is 286 g/mol. The number of ether oxygens (including phenoxy) is 1. The lowest BCUT2D eigenvalue weighted by atomic mass is 10.3. The van der Waals surface area contributed by atoms with Crippen molar-refractivity contribution in [2.75, 3.05) is 31.0 Å². The maximum absolute atomic E-state index is 5.24. The number of thioether (sulfide) groups is 1. The van der Waals surface area contributed by atoms with Crippen LogP contribution in [0.4, 0.5) is 5.69 Å². The number of unbranched alkanes of at least 4 members (excludes halogenated alkanes) is 1. The predicted octanol–water partition coefficient (Wildman–Crippen LogP) is 4.01. The van der Waals surface area contributed by atoms with Crippen LogP contribution in [0.15, 0.2) is 22.7 Å². The molecule has 0 atom stereocenters. The number of hydrogen-bond donors (Lipinski definition) is 1. The summed E-state index contributed by atoms with van der Waals surface area (Å²) in [5.41, 5.74) is 1.12. The van der Waals surface area contributed by atoms with Gasteiger partial charge in [0.15, 0.2) is 0 Å². The highest BCUT2D eigenvalue weighted by Crippen LogP contribution is 2.27. The van der Waals surface area contributed by atoms with Crippen LogP contribution in [-0.4, -0.2) is 25.7 Å². The Morgan fingerprint density at radius 3 is 2.88 bits per heavy atom. The van der Waals surface area contributed by atoms with Crippen LogP contribution < -0.4 is 10.1 Å². The fourth-order valence-corrected chi connectivity index (χ4v) is 2.28. The zero-order valence-electron chi connectivity index (χ0n) is 9.75. The van der Waals surface area contributed by atoms with Gasteiger partial charge in [-0.15, -0.1) is 0 Å². The summed E-state index contributed by atoms with van der Waals surface area (Å²) in [6.45, 7) is 1.02. The quantitative estimate of drug-likeness (QED) is 0.769. The summed E-state index contributed by atoms with van der Waals surface area (Å²) in [6.07, 6.45) is 4.62.